The molecule has 162 valence electrons. The topological polar surface area (TPSA) is 115 Å². The number of nitrogens with zero attached hydrogens (tertiary/aromatic N) is 1. The largest absolute Gasteiger partial charge is 0.489 e. The summed E-state index contributed by atoms with van der Waals surface area (Å²) in [5.41, 5.74) is 2.97. The zero-order valence-electron chi connectivity index (χ0n) is 17.4. The fraction of sp³-hybridized carbons (Fsp3) is 0.0385. The van der Waals surface area contributed by atoms with Gasteiger partial charge in [0.2, 0.25) is 0 Å². The van der Waals surface area contributed by atoms with Crippen LogP contribution in [0.4, 0.5) is 5.69 Å². The van der Waals surface area contributed by atoms with Crippen LogP contribution < -0.4 is 10.1 Å². The molecule has 0 radical (unpaired) electrons. The molecule has 1 heterocycles. The van der Waals surface area contributed by atoms with Gasteiger partial charge in [0.25, 0.3) is 5.91 Å². The van der Waals surface area contributed by atoms with Crippen molar-refractivity contribution < 1.29 is 19.4 Å². The molecule has 3 aromatic carbocycles. The lowest BCUT2D eigenvalue weighted by Gasteiger charge is -2.07. The van der Waals surface area contributed by atoms with Gasteiger partial charge in [-0.25, -0.2) is 4.79 Å². The fourth-order valence-corrected chi connectivity index (χ4v) is 3.27. The van der Waals surface area contributed by atoms with Crippen LogP contribution in [0, 0.1) is 11.3 Å². The third-order valence-corrected chi connectivity index (χ3v) is 4.99. The maximum absolute atomic E-state index is 12.6. The van der Waals surface area contributed by atoms with Gasteiger partial charge in [-0.3, -0.25) is 4.79 Å². The number of hydrogen-bond donors (Lipinski definition) is 3. The van der Waals surface area contributed by atoms with E-state index in [1.807, 2.05) is 54.6 Å². The highest BCUT2D eigenvalue weighted by atomic mass is 16.5. The first-order valence-corrected chi connectivity index (χ1v) is 10.1. The number of ether oxygens (including phenoxy) is 1. The highest BCUT2D eigenvalue weighted by molar-refractivity contribution is 6.10. The highest BCUT2D eigenvalue weighted by Gasteiger charge is 2.12. The van der Waals surface area contributed by atoms with E-state index in [1.54, 1.807) is 6.20 Å². The summed E-state index contributed by atoms with van der Waals surface area (Å²) < 4.78 is 5.89. The number of fused-ring (bicyclic) bond motifs is 1. The van der Waals surface area contributed by atoms with Crippen LogP contribution in [-0.2, 0) is 11.4 Å². The minimum Gasteiger partial charge on any atom is -0.489 e. The zero-order chi connectivity index (χ0) is 23.2. The number of rotatable bonds is 7. The fourth-order valence-electron chi connectivity index (χ4n) is 3.27. The number of carbonyl (C=O) groups is 2. The number of carbonyl (C=O) groups excluding carboxylic acids is 1. The van der Waals surface area contributed by atoms with Gasteiger partial charge in [0.1, 0.15) is 24.0 Å². The van der Waals surface area contributed by atoms with Crippen molar-refractivity contribution in [2.24, 2.45) is 0 Å². The predicted molar refractivity (Wildman–Crippen MR) is 125 cm³/mol. The molecule has 1 aromatic heterocycles. The van der Waals surface area contributed by atoms with Crippen LogP contribution in [0.1, 0.15) is 21.5 Å². The first-order valence-electron chi connectivity index (χ1n) is 10.1. The lowest BCUT2D eigenvalue weighted by molar-refractivity contribution is -0.112. The van der Waals surface area contributed by atoms with Crippen LogP contribution in [0.15, 0.2) is 84.6 Å². The van der Waals surface area contributed by atoms with Gasteiger partial charge in [0, 0.05) is 28.4 Å². The summed E-state index contributed by atoms with van der Waals surface area (Å²) in [7, 11) is 0. The Kier molecular flexibility index (Phi) is 6.19. The third-order valence-electron chi connectivity index (χ3n) is 4.99. The smallest absolute Gasteiger partial charge is 0.335 e. The lowest BCUT2D eigenvalue weighted by Crippen LogP contribution is -2.13. The van der Waals surface area contributed by atoms with E-state index in [9.17, 15) is 14.9 Å². The molecule has 0 aliphatic heterocycles. The molecule has 0 aliphatic carbocycles. The molecule has 3 N–H and O–H groups in total. The number of carboxylic acid groups (broad SMARTS) is 1. The molecule has 0 aliphatic rings. The second kappa shape index (κ2) is 9.54. The van der Waals surface area contributed by atoms with Gasteiger partial charge in [-0.05, 0) is 54.1 Å². The van der Waals surface area contributed by atoms with Crippen LogP contribution in [0.2, 0.25) is 0 Å². The van der Waals surface area contributed by atoms with Gasteiger partial charge in [-0.1, -0.05) is 30.3 Å². The normalized spacial score (nSPS) is 11.1. The number of aromatic amines is 1. The van der Waals surface area contributed by atoms with Crippen molar-refractivity contribution in [3.05, 3.63) is 101 Å². The number of amides is 1. The summed E-state index contributed by atoms with van der Waals surface area (Å²) in [6, 6.07) is 23.0. The Morgan fingerprint density at radius 1 is 1.06 bits per heavy atom. The molecule has 0 atom stereocenters. The Morgan fingerprint density at radius 2 is 1.82 bits per heavy atom. The Labute approximate surface area is 189 Å². The second-order valence-electron chi connectivity index (χ2n) is 7.23. The minimum atomic E-state index is -1.06. The number of nitrogens with one attached hydrogen (secondary N) is 2. The van der Waals surface area contributed by atoms with Crippen molar-refractivity contribution >= 4 is 34.5 Å². The van der Waals surface area contributed by atoms with Crippen LogP contribution in [-0.4, -0.2) is 22.0 Å². The van der Waals surface area contributed by atoms with E-state index in [1.165, 1.54) is 30.3 Å². The lowest BCUT2D eigenvalue weighted by atomic mass is 10.1. The predicted octanol–water partition coefficient (Wildman–Crippen LogP) is 4.99. The quantitative estimate of drug-likeness (QED) is 0.278. The van der Waals surface area contributed by atoms with Crippen LogP contribution >= 0.6 is 0 Å². The second-order valence-corrected chi connectivity index (χ2v) is 7.23. The van der Waals surface area contributed by atoms with Gasteiger partial charge < -0.3 is 20.1 Å². The van der Waals surface area contributed by atoms with E-state index in [0.717, 1.165) is 16.5 Å². The Hall–Kier alpha value is -4.83. The van der Waals surface area contributed by atoms with Crippen molar-refractivity contribution in [2.75, 3.05) is 5.32 Å². The highest BCUT2D eigenvalue weighted by Crippen LogP contribution is 2.26. The van der Waals surface area contributed by atoms with E-state index in [-0.39, 0.29) is 11.1 Å². The maximum atomic E-state index is 12.6. The number of carboxylic acids is 1. The third kappa shape index (κ3) is 5.09. The van der Waals surface area contributed by atoms with E-state index in [0.29, 0.717) is 23.6 Å². The Morgan fingerprint density at radius 3 is 2.52 bits per heavy atom. The standard InChI is InChI=1S/C26H19N3O4/c27-14-19(25(30)29-21-8-6-18(7-9-21)26(31)32)12-20-15-28-24-11-10-22(13-23(20)24)33-16-17-4-2-1-3-5-17/h1-13,15,28H,16H2,(H,29,30)(H,31,32). The van der Waals surface area contributed by atoms with Gasteiger partial charge in [-0.2, -0.15) is 5.26 Å². The van der Waals surface area contributed by atoms with Crippen molar-refractivity contribution in [1.29, 1.82) is 5.26 Å². The first-order chi connectivity index (χ1) is 16.0. The van der Waals surface area contributed by atoms with Gasteiger partial charge >= 0.3 is 5.97 Å². The molecule has 33 heavy (non-hydrogen) atoms. The van der Waals surface area contributed by atoms with Crippen molar-refractivity contribution in [3.63, 3.8) is 0 Å². The maximum Gasteiger partial charge on any atom is 0.335 e. The van der Waals surface area contributed by atoms with Crippen molar-refractivity contribution in [2.45, 2.75) is 6.61 Å². The van der Waals surface area contributed by atoms with E-state index >= 15 is 0 Å². The molecule has 4 rings (SSSR count). The molecular formula is C26H19N3O4. The van der Waals surface area contributed by atoms with E-state index in [2.05, 4.69) is 10.3 Å². The SMILES string of the molecule is N#CC(=Cc1c[nH]c2ccc(OCc3ccccc3)cc12)C(=O)Nc1ccc(C(=O)O)cc1. The van der Waals surface area contributed by atoms with Crippen LogP contribution in [0.5, 0.6) is 5.75 Å². The molecule has 1 amide bonds. The molecule has 7 heteroatoms. The monoisotopic (exact) mass is 437 g/mol. The number of aromatic carboxylic acids is 1. The van der Waals surface area contributed by atoms with Gasteiger partial charge in [-0.15, -0.1) is 0 Å². The molecule has 0 saturated heterocycles. The molecule has 0 fully saturated rings. The Balaban J connectivity index is 1.53. The summed E-state index contributed by atoms with van der Waals surface area (Å²) in [5, 5.41) is 21.9. The average Bonchev–Trinajstić information content (AvgIpc) is 3.24. The molecule has 0 spiro atoms. The summed E-state index contributed by atoms with van der Waals surface area (Å²) in [5.74, 6) is -0.981. The number of anilines is 1. The number of nitriles is 1. The van der Waals surface area contributed by atoms with Crippen LogP contribution in [0.3, 0.4) is 0 Å². The number of hydrogen-bond acceptors (Lipinski definition) is 4. The number of benzene rings is 3. The number of H-pyrrole nitrogens is 1. The minimum absolute atomic E-state index is 0.0891. The summed E-state index contributed by atoms with van der Waals surface area (Å²) in [6.07, 6.45) is 3.22. The summed E-state index contributed by atoms with van der Waals surface area (Å²) in [4.78, 5) is 26.7. The molecule has 0 unspecified atom stereocenters. The molecule has 0 bridgehead atoms. The molecule has 4 aromatic rings. The van der Waals surface area contributed by atoms with Crippen molar-refractivity contribution in [1.82, 2.24) is 4.98 Å². The summed E-state index contributed by atoms with van der Waals surface area (Å²) >= 11 is 0. The first kappa shape index (κ1) is 21.4. The van der Waals surface area contributed by atoms with Gasteiger partial charge in [0.05, 0.1) is 5.56 Å². The zero-order valence-corrected chi connectivity index (χ0v) is 17.4. The summed E-state index contributed by atoms with van der Waals surface area (Å²) in [6.45, 7) is 0.425. The van der Waals surface area contributed by atoms with Crippen LogP contribution in [0.25, 0.3) is 17.0 Å². The van der Waals surface area contributed by atoms with E-state index in [4.69, 9.17) is 9.84 Å². The van der Waals surface area contributed by atoms with Crippen molar-refractivity contribution in [3.8, 4) is 11.8 Å². The van der Waals surface area contributed by atoms with E-state index < -0.39 is 11.9 Å². The molecule has 7 nitrogen and oxygen atoms in total. The Bertz CT molecular complexity index is 1380. The molecular weight excluding hydrogens is 418 g/mol. The molecule has 0 saturated carbocycles. The van der Waals surface area contributed by atoms with Gasteiger partial charge in [0.15, 0.2) is 0 Å². The average molecular weight is 437 g/mol. The number of aromatic nitrogens is 1.